The molecule has 0 aliphatic rings. The number of nitriles is 1. The fourth-order valence-electron chi connectivity index (χ4n) is 1.24. The Balaban J connectivity index is 2.07. The normalized spacial score (nSPS) is 9.59. The summed E-state index contributed by atoms with van der Waals surface area (Å²) in [4.78, 5) is 11.3. The maximum atomic E-state index is 11.3. The van der Waals surface area contributed by atoms with Gasteiger partial charge in [-0.25, -0.2) is 0 Å². The van der Waals surface area contributed by atoms with E-state index in [2.05, 4.69) is 0 Å². The number of hydrogen-bond acceptors (Lipinski definition) is 4. The number of ether oxygens (including phenoxy) is 1. The highest BCUT2D eigenvalue weighted by Crippen LogP contribution is 2.04. The van der Waals surface area contributed by atoms with Crippen molar-refractivity contribution in [1.29, 1.82) is 5.26 Å². The molecule has 17 heavy (non-hydrogen) atoms. The largest absolute Gasteiger partial charge is 0.465 e. The molecule has 0 aliphatic heterocycles. The summed E-state index contributed by atoms with van der Waals surface area (Å²) in [6, 6.07) is 11.9. The van der Waals surface area contributed by atoms with Crippen LogP contribution >= 0.6 is 11.8 Å². The lowest BCUT2D eigenvalue weighted by Gasteiger charge is -2.04. The van der Waals surface area contributed by atoms with Crippen LogP contribution in [0.5, 0.6) is 0 Å². The maximum Gasteiger partial charge on any atom is 0.315 e. The van der Waals surface area contributed by atoms with E-state index < -0.39 is 0 Å². The summed E-state index contributed by atoms with van der Waals surface area (Å²) in [5.41, 5.74) is 1.16. The molecule has 0 radical (unpaired) electrons. The van der Waals surface area contributed by atoms with Crippen molar-refractivity contribution < 1.29 is 9.53 Å². The molecule has 0 saturated carbocycles. The van der Waals surface area contributed by atoms with Gasteiger partial charge in [-0.2, -0.15) is 5.26 Å². The van der Waals surface area contributed by atoms with Crippen LogP contribution in [0.25, 0.3) is 0 Å². The molecule has 1 rings (SSSR count). The first kappa shape index (κ1) is 13.6. The fourth-order valence-corrected chi connectivity index (χ4v) is 1.87. The van der Waals surface area contributed by atoms with Crippen LogP contribution in [-0.2, 0) is 16.0 Å². The van der Waals surface area contributed by atoms with Gasteiger partial charge in [0.25, 0.3) is 0 Å². The Hall–Kier alpha value is -1.47. The summed E-state index contributed by atoms with van der Waals surface area (Å²) in [5.74, 6) is 0.810. The van der Waals surface area contributed by atoms with E-state index >= 15 is 0 Å². The van der Waals surface area contributed by atoms with Crippen LogP contribution in [0.1, 0.15) is 12.0 Å². The Morgan fingerprint density at radius 2 is 2.12 bits per heavy atom. The van der Waals surface area contributed by atoms with Crippen molar-refractivity contribution in [3.05, 3.63) is 35.9 Å². The van der Waals surface area contributed by atoms with Gasteiger partial charge in [0.05, 0.1) is 18.4 Å². The van der Waals surface area contributed by atoms with Crippen LogP contribution in [-0.4, -0.2) is 24.1 Å². The third kappa shape index (κ3) is 6.64. The van der Waals surface area contributed by atoms with Gasteiger partial charge < -0.3 is 4.74 Å². The quantitative estimate of drug-likeness (QED) is 0.550. The zero-order valence-corrected chi connectivity index (χ0v) is 10.4. The summed E-state index contributed by atoms with van der Waals surface area (Å²) in [5, 5.41) is 8.32. The lowest BCUT2D eigenvalue weighted by atomic mass is 10.2. The average molecular weight is 249 g/mol. The topological polar surface area (TPSA) is 50.1 Å². The fraction of sp³-hybridized carbons (Fsp3) is 0.385. The Morgan fingerprint density at radius 3 is 2.82 bits per heavy atom. The first-order valence-corrected chi connectivity index (χ1v) is 6.62. The number of carbonyl (C=O) groups excluding carboxylic acids is 1. The van der Waals surface area contributed by atoms with Gasteiger partial charge in [-0.05, 0) is 5.56 Å². The van der Waals surface area contributed by atoms with Crippen molar-refractivity contribution in [1.82, 2.24) is 0 Å². The van der Waals surface area contributed by atoms with Crippen LogP contribution in [0.4, 0.5) is 0 Å². The summed E-state index contributed by atoms with van der Waals surface area (Å²) in [7, 11) is 0. The van der Waals surface area contributed by atoms with Gasteiger partial charge in [0.2, 0.25) is 0 Å². The van der Waals surface area contributed by atoms with Crippen molar-refractivity contribution >= 4 is 17.7 Å². The minimum absolute atomic E-state index is 0.205. The number of thioether (sulfide) groups is 1. The number of carbonyl (C=O) groups is 1. The predicted molar refractivity (Wildman–Crippen MR) is 68.7 cm³/mol. The van der Waals surface area contributed by atoms with Gasteiger partial charge in [0, 0.05) is 18.6 Å². The van der Waals surface area contributed by atoms with Crippen LogP contribution in [0.2, 0.25) is 0 Å². The van der Waals surface area contributed by atoms with E-state index in [1.54, 1.807) is 0 Å². The van der Waals surface area contributed by atoms with Crippen LogP contribution in [0.15, 0.2) is 30.3 Å². The molecular formula is C13H15NO2S. The lowest BCUT2D eigenvalue weighted by molar-refractivity contribution is -0.140. The third-order valence-corrected chi connectivity index (χ3v) is 3.01. The summed E-state index contributed by atoms with van der Waals surface area (Å²) in [6.45, 7) is 0.418. The van der Waals surface area contributed by atoms with Crippen LogP contribution < -0.4 is 0 Å². The molecule has 0 atom stereocenters. The molecule has 90 valence electrons. The van der Waals surface area contributed by atoms with E-state index in [-0.39, 0.29) is 5.97 Å². The lowest BCUT2D eigenvalue weighted by Crippen LogP contribution is -2.10. The van der Waals surface area contributed by atoms with Gasteiger partial charge in [-0.3, -0.25) is 4.79 Å². The maximum absolute atomic E-state index is 11.3. The summed E-state index contributed by atoms with van der Waals surface area (Å²) >= 11 is 1.44. The third-order valence-electron chi connectivity index (χ3n) is 2.07. The molecular weight excluding hydrogens is 234 g/mol. The molecule has 0 bridgehead atoms. The highest BCUT2D eigenvalue weighted by molar-refractivity contribution is 7.99. The number of hydrogen-bond donors (Lipinski definition) is 0. The van der Waals surface area contributed by atoms with E-state index in [0.717, 1.165) is 12.0 Å². The molecule has 4 heteroatoms. The molecule has 0 spiro atoms. The minimum atomic E-state index is -0.205. The van der Waals surface area contributed by atoms with Gasteiger partial charge >= 0.3 is 5.97 Å². The second kappa shape index (κ2) is 8.66. The molecule has 0 saturated heterocycles. The van der Waals surface area contributed by atoms with E-state index in [9.17, 15) is 4.79 Å². The van der Waals surface area contributed by atoms with Crippen molar-refractivity contribution in [2.75, 3.05) is 18.1 Å². The smallest absolute Gasteiger partial charge is 0.315 e. The number of esters is 1. The highest BCUT2D eigenvalue weighted by Gasteiger charge is 2.02. The first-order chi connectivity index (χ1) is 8.33. The molecule has 0 fully saturated rings. The van der Waals surface area contributed by atoms with E-state index in [1.807, 2.05) is 36.4 Å². The average Bonchev–Trinajstić information content (AvgIpc) is 2.36. The standard InChI is InChI=1S/C13H15NO2S/c14-8-4-10-17-11-13(15)16-9-7-12-5-2-1-3-6-12/h1-3,5-6H,4,7,9-11H2. The first-order valence-electron chi connectivity index (χ1n) is 5.47. The molecule has 0 heterocycles. The Bertz CT molecular complexity index is 373. The summed E-state index contributed by atoms with van der Waals surface area (Å²) < 4.78 is 5.08. The van der Waals surface area contributed by atoms with E-state index in [0.29, 0.717) is 24.5 Å². The van der Waals surface area contributed by atoms with Crippen molar-refractivity contribution in [3.63, 3.8) is 0 Å². The van der Waals surface area contributed by atoms with Gasteiger partial charge in [0.15, 0.2) is 0 Å². The molecule has 3 nitrogen and oxygen atoms in total. The van der Waals surface area contributed by atoms with Crippen molar-refractivity contribution in [2.24, 2.45) is 0 Å². The van der Waals surface area contributed by atoms with Crippen molar-refractivity contribution in [2.45, 2.75) is 12.8 Å². The molecule has 1 aromatic rings. The number of rotatable bonds is 7. The SMILES string of the molecule is N#CCCSCC(=O)OCCc1ccccc1. The molecule has 0 N–H and O–H groups in total. The summed E-state index contributed by atoms with van der Waals surface area (Å²) in [6.07, 6.45) is 1.22. The molecule has 0 unspecified atom stereocenters. The predicted octanol–water partition coefficient (Wildman–Crippen LogP) is 2.42. The van der Waals surface area contributed by atoms with E-state index in [4.69, 9.17) is 10.00 Å². The molecule has 0 aliphatic carbocycles. The Labute approximate surface area is 106 Å². The molecule has 0 aromatic heterocycles. The van der Waals surface area contributed by atoms with Gasteiger partial charge in [-0.1, -0.05) is 30.3 Å². The van der Waals surface area contributed by atoms with E-state index in [1.165, 1.54) is 11.8 Å². The van der Waals surface area contributed by atoms with Gasteiger partial charge in [-0.15, -0.1) is 11.8 Å². The molecule has 0 amide bonds. The number of benzene rings is 1. The monoisotopic (exact) mass is 249 g/mol. The Morgan fingerprint density at radius 1 is 1.35 bits per heavy atom. The van der Waals surface area contributed by atoms with Crippen LogP contribution in [0, 0.1) is 11.3 Å². The van der Waals surface area contributed by atoms with Crippen LogP contribution in [0.3, 0.4) is 0 Å². The highest BCUT2D eigenvalue weighted by atomic mass is 32.2. The zero-order chi connectivity index (χ0) is 12.3. The Kier molecular flexibility index (Phi) is 6.92. The van der Waals surface area contributed by atoms with Crippen molar-refractivity contribution in [3.8, 4) is 6.07 Å². The number of nitrogens with zero attached hydrogens (tertiary/aromatic N) is 1. The zero-order valence-electron chi connectivity index (χ0n) is 9.59. The minimum Gasteiger partial charge on any atom is -0.465 e. The molecule has 1 aromatic carbocycles. The van der Waals surface area contributed by atoms with Gasteiger partial charge in [0.1, 0.15) is 0 Å². The second-order valence-corrected chi connectivity index (χ2v) is 4.52. The second-order valence-electron chi connectivity index (χ2n) is 3.42.